The van der Waals surface area contributed by atoms with Gasteiger partial charge in [0.2, 0.25) is 12.3 Å². The van der Waals surface area contributed by atoms with Crippen LogP contribution in [0, 0.1) is 0 Å². The smallest absolute Gasteiger partial charge is 0.227 e. The largest absolute Gasteiger partial charge is 0.287 e. The number of ketones is 1. The number of carbonyl (C=O) groups excluding carboxylic acids is 1. The van der Waals surface area contributed by atoms with Crippen LogP contribution in [0.4, 0.5) is 0 Å². The zero-order valence-corrected chi connectivity index (χ0v) is 10.8. The molecule has 0 fully saturated rings. The highest BCUT2D eigenvalue weighted by Gasteiger charge is 2.17. The van der Waals surface area contributed by atoms with E-state index in [1.165, 1.54) is 5.69 Å². The molecule has 1 heterocycles. The lowest BCUT2D eigenvalue weighted by molar-refractivity contribution is -0.691. The summed E-state index contributed by atoms with van der Waals surface area (Å²) in [4.78, 5) is 12.2. The van der Waals surface area contributed by atoms with Crippen LogP contribution >= 0.6 is 0 Å². The monoisotopic (exact) mass is 240 g/mol. The zero-order valence-electron chi connectivity index (χ0n) is 10.8. The van der Waals surface area contributed by atoms with Crippen molar-refractivity contribution in [2.75, 3.05) is 0 Å². The number of aromatic nitrogens is 1. The average molecular weight is 240 g/mol. The minimum absolute atomic E-state index is 0.147. The molecule has 2 nitrogen and oxygen atoms in total. The van der Waals surface area contributed by atoms with Crippen molar-refractivity contribution >= 4 is 5.78 Å². The van der Waals surface area contributed by atoms with Gasteiger partial charge in [0.15, 0.2) is 11.9 Å². The summed E-state index contributed by atoms with van der Waals surface area (Å²) in [5.41, 5.74) is 1.95. The molecule has 0 atom stereocenters. The molecule has 0 saturated carbocycles. The van der Waals surface area contributed by atoms with E-state index in [0.29, 0.717) is 12.5 Å². The highest BCUT2D eigenvalue weighted by molar-refractivity contribution is 5.94. The molecule has 1 aromatic carbocycles. The summed E-state index contributed by atoms with van der Waals surface area (Å²) in [5, 5.41) is 0. The van der Waals surface area contributed by atoms with E-state index in [1.54, 1.807) is 0 Å². The van der Waals surface area contributed by atoms with Crippen LogP contribution in [0.5, 0.6) is 0 Å². The predicted molar refractivity (Wildman–Crippen MR) is 71.5 cm³/mol. The van der Waals surface area contributed by atoms with Gasteiger partial charge >= 0.3 is 0 Å². The van der Waals surface area contributed by atoms with E-state index in [0.717, 1.165) is 5.56 Å². The van der Waals surface area contributed by atoms with Crippen LogP contribution in [0.3, 0.4) is 0 Å². The molecule has 0 spiro atoms. The van der Waals surface area contributed by atoms with Crippen molar-refractivity contribution in [3.8, 4) is 0 Å². The second-order valence-corrected chi connectivity index (χ2v) is 4.70. The molecule has 18 heavy (non-hydrogen) atoms. The lowest BCUT2D eigenvalue weighted by Crippen LogP contribution is -2.42. The summed E-state index contributed by atoms with van der Waals surface area (Å²) in [5.74, 6) is 0.559. The molecule has 0 unspecified atom stereocenters. The molecule has 92 valence electrons. The first-order chi connectivity index (χ1) is 8.68. The van der Waals surface area contributed by atoms with Crippen LogP contribution in [0.15, 0.2) is 54.7 Å². The molecule has 2 aromatic rings. The third kappa shape index (κ3) is 2.83. The van der Waals surface area contributed by atoms with E-state index in [2.05, 4.69) is 19.9 Å². The maximum absolute atomic E-state index is 12.2. The SMILES string of the molecule is CC(C)c1cccc[n+]1CC(=O)c1ccccc1. The first-order valence-electron chi connectivity index (χ1n) is 6.25. The van der Waals surface area contributed by atoms with Gasteiger partial charge in [-0.2, -0.15) is 4.57 Å². The second-order valence-electron chi connectivity index (χ2n) is 4.70. The van der Waals surface area contributed by atoms with E-state index < -0.39 is 0 Å². The van der Waals surface area contributed by atoms with Gasteiger partial charge in [-0.25, -0.2) is 0 Å². The molecule has 0 saturated heterocycles. The lowest BCUT2D eigenvalue weighted by Gasteiger charge is -2.05. The van der Waals surface area contributed by atoms with Gasteiger partial charge in [-0.1, -0.05) is 50.2 Å². The van der Waals surface area contributed by atoms with Crippen molar-refractivity contribution in [1.82, 2.24) is 0 Å². The number of pyridine rings is 1. The molecule has 2 rings (SSSR count). The van der Waals surface area contributed by atoms with Crippen LogP contribution in [0.2, 0.25) is 0 Å². The van der Waals surface area contributed by atoms with Crippen molar-refractivity contribution in [1.29, 1.82) is 0 Å². The molecule has 0 radical (unpaired) electrons. The first-order valence-corrected chi connectivity index (χ1v) is 6.25. The molecule has 2 heteroatoms. The highest BCUT2D eigenvalue weighted by Crippen LogP contribution is 2.09. The Morgan fingerprint density at radius 2 is 1.72 bits per heavy atom. The molecule has 0 bridgehead atoms. The molecule has 0 aliphatic heterocycles. The molecular weight excluding hydrogens is 222 g/mol. The Morgan fingerprint density at radius 1 is 1.06 bits per heavy atom. The lowest BCUT2D eigenvalue weighted by atomic mass is 10.1. The minimum atomic E-state index is 0.147. The van der Waals surface area contributed by atoms with Gasteiger partial charge in [0.05, 0.1) is 0 Å². The Bertz CT molecular complexity index is 532. The number of nitrogens with zero attached hydrogens (tertiary/aromatic N) is 1. The predicted octanol–water partition coefficient (Wildman–Crippen LogP) is 2.98. The quantitative estimate of drug-likeness (QED) is 0.594. The van der Waals surface area contributed by atoms with E-state index in [9.17, 15) is 4.79 Å². The van der Waals surface area contributed by atoms with Crippen LogP contribution in [0.1, 0.15) is 35.8 Å². The fraction of sp³-hybridized carbons (Fsp3) is 0.250. The maximum Gasteiger partial charge on any atom is 0.227 e. The van der Waals surface area contributed by atoms with Crippen molar-refractivity contribution < 1.29 is 9.36 Å². The standard InChI is InChI=1S/C16H18NO/c1-13(2)15-10-6-7-11-17(15)12-16(18)14-8-4-3-5-9-14/h3-11,13H,12H2,1-2H3/q+1. The van der Waals surface area contributed by atoms with E-state index in [4.69, 9.17) is 0 Å². The van der Waals surface area contributed by atoms with Crippen LogP contribution < -0.4 is 4.57 Å². The van der Waals surface area contributed by atoms with E-state index >= 15 is 0 Å². The summed E-state index contributed by atoms with van der Waals surface area (Å²) < 4.78 is 2.03. The normalized spacial score (nSPS) is 10.6. The van der Waals surface area contributed by atoms with Crippen molar-refractivity contribution in [2.45, 2.75) is 26.3 Å². The molecule has 0 N–H and O–H groups in total. The summed E-state index contributed by atoms with van der Waals surface area (Å²) in [6.45, 7) is 4.68. The number of hydrogen-bond acceptors (Lipinski definition) is 1. The van der Waals surface area contributed by atoms with E-state index in [-0.39, 0.29) is 5.78 Å². The van der Waals surface area contributed by atoms with Gasteiger partial charge in [0, 0.05) is 23.6 Å². The van der Waals surface area contributed by atoms with Crippen molar-refractivity contribution in [3.63, 3.8) is 0 Å². The molecule has 0 aliphatic rings. The Hall–Kier alpha value is -1.96. The van der Waals surface area contributed by atoms with Gasteiger partial charge in [0.25, 0.3) is 0 Å². The minimum Gasteiger partial charge on any atom is -0.287 e. The summed E-state index contributed by atoms with van der Waals surface area (Å²) >= 11 is 0. The van der Waals surface area contributed by atoms with Crippen molar-refractivity contribution in [3.05, 3.63) is 66.0 Å². The Kier molecular flexibility index (Phi) is 3.88. The van der Waals surface area contributed by atoms with Gasteiger partial charge in [0.1, 0.15) is 0 Å². The number of benzene rings is 1. The zero-order chi connectivity index (χ0) is 13.0. The summed E-state index contributed by atoms with van der Waals surface area (Å²) in [7, 11) is 0. The van der Waals surface area contributed by atoms with Gasteiger partial charge in [-0.15, -0.1) is 0 Å². The van der Waals surface area contributed by atoms with Crippen LogP contribution in [0.25, 0.3) is 0 Å². The van der Waals surface area contributed by atoms with Gasteiger partial charge < -0.3 is 0 Å². The van der Waals surface area contributed by atoms with Crippen molar-refractivity contribution in [2.24, 2.45) is 0 Å². The Balaban J connectivity index is 2.22. The number of Topliss-reactive ketones (excluding diaryl/α,β-unsaturated/α-hetero) is 1. The third-order valence-corrected chi connectivity index (χ3v) is 2.98. The Morgan fingerprint density at radius 3 is 2.39 bits per heavy atom. The Labute approximate surface area is 108 Å². The fourth-order valence-electron chi connectivity index (χ4n) is 2.03. The molecule has 1 aromatic heterocycles. The summed E-state index contributed by atoms with van der Waals surface area (Å²) in [6.07, 6.45) is 1.97. The third-order valence-electron chi connectivity index (χ3n) is 2.98. The van der Waals surface area contributed by atoms with E-state index in [1.807, 2.05) is 53.2 Å². The van der Waals surface area contributed by atoms with Gasteiger partial charge in [-0.3, -0.25) is 4.79 Å². The molecule has 0 amide bonds. The molecular formula is C16H18NO+. The highest BCUT2D eigenvalue weighted by atomic mass is 16.1. The second kappa shape index (κ2) is 5.58. The summed E-state index contributed by atoms with van der Waals surface area (Å²) in [6, 6.07) is 15.5. The maximum atomic E-state index is 12.2. The number of carbonyl (C=O) groups is 1. The fourth-order valence-corrected chi connectivity index (χ4v) is 2.03. The van der Waals surface area contributed by atoms with Crippen LogP contribution in [-0.4, -0.2) is 5.78 Å². The van der Waals surface area contributed by atoms with Crippen LogP contribution in [-0.2, 0) is 6.54 Å². The van der Waals surface area contributed by atoms with Gasteiger partial charge in [-0.05, 0) is 0 Å². The topological polar surface area (TPSA) is 20.9 Å². The first kappa shape index (κ1) is 12.5. The average Bonchev–Trinajstić information content (AvgIpc) is 2.40. The number of hydrogen-bond donors (Lipinski definition) is 0. The number of rotatable bonds is 4. The molecule has 0 aliphatic carbocycles.